The lowest BCUT2D eigenvalue weighted by Crippen LogP contribution is -2.58. The van der Waals surface area contributed by atoms with Gasteiger partial charge in [0.05, 0.1) is 30.4 Å². The summed E-state index contributed by atoms with van der Waals surface area (Å²) < 4.78 is 2.01. The monoisotopic (exact) mass is 385 g/mol. The summed E-state index contributed by atoms with van der Waals surface area (Å²) in [5, 5.41) is 2.91. The summed E-state index contributed by atoms with van der Waals surface area (Å²) in [4.78, 5) is 33.8. The number of hydrogen-bond donors (Lipinski definition) is 1. The molecule has 0 saturated carbocycles. The van der Waals surface area contributed by atoms with Gasteiger partial charge >= 0.3 is 0 Å². The first-order chi connectivity index (χ1) is 13.2. The molecule has 1 aliphatic rings. The maximum absolute atomic E-state index is 12.9. The molecule has 0 bridgehead atoms. The van der Waals surface area contributed by atoms with E-state index >= 15 is 0 Å². The van der Waals surface area contributed by atoms with E-state index in [-0.39, 0.29) is 23.7 Å². The van der Waals surface area contributed by atoms with Crippen LogP contribution < -0.4 is 5.32 Å². The fourth-order valence-electron chi connectivity index (χ4n) is 3.77. The van der Waals surface area contributed by atoms with Crippen molar-refractivity contribution in [3.05, 3.63) is 35.8 Å². The highest BCUT2D eigenvalue weighted by Crippen LogP contribution is 2.21. The molecular formula is C21H31N5O2. The van der Waals surface area contributed by atoms with Crippen molar-refractivity contribution >= 4 is 17.5 Å². The number of nitrogens with zero attached hydrogens (tertiary/aromatic N) is 4. The number of imidazole rings is 1. The molecule has 28 heavy (non-hydrogen) atoms. The highest BCUT2D eigenvalue weighted by atomic mass is 16.2. The molecule has 2 aromatic heterocycles. The topological polar surface area (TPSA) is 69.9 Å². The van der Waals surface area contributed by atoms with Crippen LogP contribution in [0.25, 0.3) is 5.65 Å². The number of fused-ring (bicyclic) bond motifs is 1. The maximum atomic E-state index is 12.9. The first kappa shape index (κ1) is 20.3. The molecular weight excluding hydrogens is 354 g/mol. The summed E-state index contributed by atoms with van der Waals surface area (Å²) in [7, 11) is 1.79. The van der Waals surface area contributed by atoms with Crippen molar-refractivity contribution in [2.24, 2.45) is 5.41 Å². The molecule has 0 spiro atoms. The third-order valence-electron chi connectivity index (χ3n) is 5.13. The number of carbonyl (C=O) groups is 2. The van der Waals surface area contributed by atoms with Crippen LogP contribution >= 0.6 is 0 Å². The number of rotatable bonds is 5. The average Bonchev–Trinajstić information content (AvgIpc) is 2.92. The van der Waals surface area contributed by atoms with Gasteiger partial charge in [0.1, 0.15) is 5.65 Å². The van der Waals surface area contributed by atoms with Crippen molar-refractivity contribution < 1.29 is 9.59 Å². The first-order valence-corrected chi connectivity index (χ1v) is 9.84. The molecule has 2 amide bonds. The van der Waals surface area contributed by atoms with E-state index in [1.54, 1.807) is 11.9 Å². The molecule has 1 aliphatic heterocycles. The minimum atomic E-state index is -0.411. The van der Waals surface area contributed by atoms with Crippen LogP contribution in [-0.2, 0) is 16.1 Å². The smallest absolute Gasteiger partial charge is 0.237 e. The van der Waals surface area contributed by atoms with E-state index in [1.807, 2.05) is 35.7 Å². The predicted octanol–water partition coefficient (Wildman–Crippen LogP) is 1.84. The molecule has 7 heteroatoms. The summed E-state index contributed by atoms with van der Waals surface area (Å²) >= 11 is 0. The van der Waals surface area contributed by atoms with E-state index in [2.05, 4.69) is 36.0 Å². The molecule has 3 heterocycles. The summed E-state index contributed by atoms with van der Waals surface area (Å²) in [6.07, 6.45) is 2.15. The van der Waals surface area contributed by atoms with Gasteiger partial charge in [0, 0.05) is 32.9 Å². The van der Waals surface area contributed by atoms with Crippen molar-refractivity contribution in [2.45, 2.75) is 46.7 Å². The second-order valence-corrected chi connectivity index (χ2v) is 8.86. The summed E-state index contributed by atoms with van der Waals surface area (Å²) in [5.41, 5.74) is 2.85. The van der Waals surface area contributed by atoms with Crippen LogP contribution in [-0.4, -0.2) is 63.7 Å². The van der Waals surface area contributed by atoms with Gasteiger partial charge < -0.3 is 14.6 Å². The van der Waals surface area contributed by atoms with Gasteiger partial charge in [0.25, 0.3) is 0 Å². The minimum absolute atomic E-state index is 0.0359. The largest absolute Gasteiger partial charge is 0.353 e. The lowest BCUT2D eigenvalue weighted by molar-refractivity contribution is -0.138. The third kappa shape index (κ3) is 4.52. The SMILES string of the molecule is Cc1nc2ccccn2c1CN(C)C(=O)C[C@H]1C(=O)NCCN1CC(C)(C)C. The minimum Gasteiger partial charge on any atom is -0.353 e. The Morgan fingerprint density at radius 1 is 1.36 bits per heavy atom. The van der Waals surface area contributed by atoms with Crippen molar-refractivity contribution in [3.8, 4) is 0 Å². The lowest BCUT2D eigenvalue weighted by Gasteiger charge is -2.39. The number of amides is 2. The van der Waals surface area contributed by atoms with E-state index in [0.29, 0.717) is 13.1 Å². The number of aromatic nitrogens is 2. The Balaban J connectivity index is 1.71. The zero-order chi connectivity index (χ0) is 20.5. The fraction of sp³-hybridized carbons (Fsp3) is 0.571. The molecule has 1 saturated heterocycles. The Morgan fingerprint density at radius 3 is 2.82 bits per heavy atom. The van der Waals surface area contributed by atoms with E-state index in [0.717, 1.165) is 30.1 Å². The maximum Gasteiger partial charge on any atom is 0.237 e. The van der Waals surface area contributed by atoms with Crippen LogP contribution in [0, 0.1) is 12.3 Å². The van der Waals surface area contributed by atoms with Crippen LogP contribution in [0.3, 0.4) is 0 Å². The Morgan fingerprint density at radius 2 is 2.11 bits per heavy atom. The zero-order valence-electron chi connectivity index (χ0n) is 17.5. The quantitative estimate of drug-likeness (QED) is 0.853. The van der Waals surface area contributed by atoms with Gasteiger partial charge in [0.2, 0.25) is 11.8 Å². The van der Waals surface area contributed by atoms with Gasteiger partial charge in [-0.1, -0.05) is 26.8 Å². The summed E-state index contributed by atoms with van der Waals surface area (Å²) in [6.45, 7) is 11.1. The molecule has 7 nitrogen and oxygen atoms in total. The van der Waals surface area contributed by atoms with E-state index in [9.17, 15) is 9.59 Å². The van der Waals surface area contributed by atoms with Crippen molar-refractivity contribution in [3.63, 3.8) is 0 Å². The molecule has 1 N–H and O–H groups in total. The molecule has 152 valence electrons. The molecule has 0 aliphatic carbocycles. The van der Waals surface area contributed by atoms with E-state index in [1.165, 1.54) is 0 Å². The van der Waals surface area contributed by atoms with Crippen LogP contribution in [0.2, 0.25) is 0 Å². The van der Waals surface area contributed by atoms with Crippen molar-refractivity contribution in [2.75, 3.05) is 26.7 Å². The fourth-order valence-corrected chi connectivity index (χ4v) is 3.77. The van der Waals surface area contributed by atoms with Crippen LogP contribution in [0.5, 0.6) is 0 Å². The molecule has 2 aromatic rings. The van der Waals surface area contributed by atoms with Gasteiger partial charge in [-0.05, 0) is 24.5 Å². The zero-order valence-corrected chi connectivity index (χ0v) is 17.5. The van der Waals surface area contributed by atoms with E-state index < -0.39 is 6.04 Å². The van der Waals surface area contributed by atoms with Crippen LogP contribution in [0.1, 0.15) is 38.6 Å². The molecule has 0 unspecified atom stereocenters. The summed E-state index contributed by atoms with van der Waals surface area (Å²) in [5.74, 6) is -0.0885. The Kier molecular flexibility index (Phi) is 5.74. The molecule has 3 rings (SSSR count). The Bertz CT molecular complexity index is 867. The highest BCUT2D eigenvalue weighted by molar-refractivity contribution is 5.88. The van der Waals surface area contributed by atoms with E-state index in [4.69, 9.17) is 0 Å². The van der Waals surface area contributed by atoms with Gasteiger partial charge in [-0.2, -0.15) is 0 Å². The standard InChI is InChI=1S/C21H31N5O2/c1-15-17(26-10-7-6-8-18(26)23-15)13-24(5)19(27)12-16-20(28)22-9-11-25(16)14-21(2,3)4/h6-8,10,16H,9,11-14H2,1-5H3,(H,22,28)/t16-/m0/s1. The number of carbonyl (C=O) groups excluding carboxylic acids is 2. The van der Waals surface area contributed by atoms with Gasteiger partial charge in [0.15, 0.2) is 0 Å². The van der Waals surface area contributed by atoms with Crippen LogP contribution in [0.4, 0.5) is 0 Å². The number of piperazine rings is 1. The molecule has 0 radical (unpaired) electrons. The molecule has 0 aromatic carbocycles. The average molecular weight is 386 g/mol. The third-order valence-corrected chi connectivity index (χ3v) is 5.13. The Hall–Kier alpha value is -2.41. The van der Waals surface area contributed by atoms with Gasteiger partial charge in [-0.3, -0.25) is 14.5 Å². The van der Waals surface area contributed by atoms with Crippen molar-refractivity contribution in [1.29, 1.82) is 0 Å². The lowest BCUT2D eigenvalue weighted by atomic mass is 9.94. The number of hydrogen-bond acceptors (Lipinski definition) is 4. The number of nitrogens with one attached hydrogen (secondary N) is 1. The number of aryl methyl sites for hydroxylation is 1. The Labute approximate surface area is 166 Å². The second-order valence-electron chi connectivity index (χ2n) is 8.86. The first-order valence-electron chi connectivity index (χ1n) is 9.84. The predicted molar refractivity (Wildman–Crippen MR) is 109 cm³/mol. The normalized spacial score (nSPS) is 18.3. The highest BCUT2D eigenvalue weighted by Gasteiger charge is 2.34. The van der Waals surface area contributed by atoms with Crippen molar-refractivity contribution in [1.82, 2.24) is 24.5 Å². The summed E-state index contributed by atoms with van der Waals surface area (Å²) in [6, 6.07) is 5.45. The number of pyridine rings is 1. The molecule has 1 atom stereocenters. The van der Waals surface area contributed by atoms with Crippen LogP contribution in [0.15, 0.2) is 24.4 Å². The van der Waals surface area contributed by atoms with Gasteiger partial charge in [-0.25, -0.2) is 4.98 Å². The van der Waals surface area contributed by atoms with Gasteiger partial charge in [-0.15, -0.1) is 0 Å². The second kappa shape index (κ2) is 7.91. The molecule has 1 fully saturated rings.